The van der Waals surface area contributed by atoms with Crippen LogP contribution >= 0.6 is 11.3 Å². The van der Waals surface area contributed by atoms with Crippen molar-refractivity contribution in [2.75, 3.05) is 7.05 Å². The topological polar surface area (TPSA) is 36.1 Å². The van der Waals surface area contributed by atoms with Crippen molar-refractivity contribution in [3.05, 3.63) is 79.8 Å². The van der Waals surface area contributed by atoms with Gasteiger partial charge < -0.3 is 4.98 Å². The Bertz CT molecular complexity index is 880. The fourth-order valence-electron chi connectivity index (χ4n) is 2.98. The molecule has 0 aliphatic rings. The lowest BCUT2D eigenvalue weighted by molar-refractivity contribution is 0.322. The maximum atomic E-state index is 11.9. The normalized spacial score (nSPS) is 11.2. The molecule has 124 valence electrons. The smallest absolute Gasteiger partial charge is 0.305 e. The van der Waals surface area contributed by atoms with E-state index in [1.165, 1.54) is 28.0 Å². The number of nitrogens with zero attached hydrogens (tertiary/aromatic N) is 1. The molecular weight excluding hydrogens is 316 g/mol. The Hall–Kier alpha value is -2.17. The van der Waals surface area contributed by atoms with Crippen molar-refractivity contribution in [1.29, 1.82) is 0 Å². The van der Waals surface area contributed by atoms with Crippen LogP contribution in [0.1, 0.15) is 21.6 Å². The number of nitrogens with one attached hydrogen (secondary N) is 1. The molecular formula is C20H22N2OS. The van der Waals surface area contributed by atoms with Gasteiger partial charge in [0, 0.05) is 23.5 Å². The van der Waals surface area contributed by atoms with Gasteiger partial charge in [0.25, 0.3) is 0 Å². The zero-order valence-corrected chi connectivity index (χ0v) is 15.1. The lowest BCUT2D eigenvalue weighted by atomic mass is 10.0. The highest BCUT2D eigenvalue weighted by molar-refractivity contribution is 7.09. The maximum Gasteiger partial charge on any atom is 0.305 e. The highest BCUT2D eigenvalue weighted by Gasteiger charge is 2.14. The largest absolute Gasteiger partial charge is 0.312 e. The van der Waals surface area contributed by atoms with E-state index in [4.69, 9.17) is 0 Å². The second-order valence-corrected chi connectivity index (χ2v) is 7.36. The van der Waals surface area contributed by atoms with Crippen molar-refractivity contribution in [1.82, 2.24) is 9.88 Å². The molecule has 3 nitrogen and oxygen atoms in total. The van der Waals surface area contributed by atoms with Crippen LogP contribution in [0.15, 0.2) is 53.3 Å². The number of H-pyrrole nitrogens is 1. The molecule has 3 rings (SSSR count). The molecule has 0 bridgehead atoms. The fourth-order valence-corrected chi connectivity index (χ4v) is 3.90. The van der Waals surface area contributed by atoms with Gasteiger partial charge in [0.05, 0.1) is 5.69 Å². The summed E-state index contributed by atoms with van der Waals surface area (Å²) >= 11 is 1.31. The van der Waals surface area contributed by atoms with Crippen molar-refractivity contribution in [2.45, 2.75) is 26.9 Å². The zero-order valence-electron chi connectivity index (χ0n) is 14.3. The molecule has 24 heavy (non-hydrogen) atoms. The molecule has 1 heterocycles. The summed E-state index contributed by atoms with van der Waals surface area (Å²) in [4.78, 5) is 18.3. The van der Waals surface area contributed by atoms with Crippen LogP contribution in [0.3, 0.4) is 0 Å². The summed E-state index contributed by atoms with van der Waals surface area (Å²) in [5.41, 5.74) is 5.77. The molecule has 3 aromatic rings. The van der Waals surface area contributed by atoms with Crippen LogP contribution in [-0.2, 0) is 13.1 Å². The van der Waals surface area contributed by atoms with E-state index < -0.39 is 0 Å². The highest BCUT2D eigenvalue weighted by Crippen LogP contribution is 2.28. The molecule has 0 aliphatic carbocycles. The molecule has 0 spiro atoms. The SMILES string of the molecule is Cc1ccc(-c2[nH]c(=O)sc2CN(C)Cc2ccccc2)c(C)c1. The van der Waals surface area contributed by atoms with E-state index in [2.05, 4.69) is 73.2 Å². The quantitative estimate of drug-likeness (QED) is 0.751. The average Bonchev–Trinajstić information content (AvgIpc) is 2.88. The lowest BCUT2D eigenvalue weighted by Crippen LogP contribution is -2.17. The second kappa shape index (κ2) is 7.16. The molecule has 2 aromatic carbocycles. The van der Waals surface area contributed by atoms with E-state index >= 15 is 0 Å². The van der Waals surface area contributed by atoms with Crippen molar-refractivity contribution in [2.24, 2.45) is 0 Å². The standard InChI is InChI=1S/C20H22N2OS/c1-14-9-10-17(15(2)11-14)19-18(24-20(23)21-19)13-22(3)12-16-7-5-4-6-8-16/h4-11H,12-13H2,1-3H3,(H,21,23). The van der Waals surface area contributed by atoms with Crippen molar-refractivity contribution < 1.29 is 0 Å². The third kappa shape index (κ3) is 3.83. The van der Waals surface area contributed by atoms with Crippen molar-refractivity contribution in [3.8, 4) is 11.3 Å². The number of rotatable bonds is 5. The van der Waals surface area contributed by atoms with Gasteiger partial charge in [0.15, 0.2) is 0 Å². The molecule has 0 fully saturated rings. The minimum Gasteiger partial charge on any atom is -0.312 e. The zero-order chi connectivity index (χ0) is 17.1. The summed E-state index contributed by atoms with van der Waals surface area (Å²) in [5.74, 6) is 0. The highest BCUT2D eigenvalue weighted by atomic mass is 32.1. The van der Waals surface area contributed by atoms with Crippen molar-refractivity contribution in [3.63, 3.8) is 0 Å². The molecule has 0 saturated carbocycles. The third-order valence-corrected chi connectivity index (χ3v) is 4.95. The Labute approximate surface area is 146 Å². The number of benzene rings is 2. The van der Waals surface area contributed by atoms with Gasteiger partial charge in [0.1, 0.15) is 0 Å². The Kier molecular flexibility index (Phi) is 4.97. The van der Waals surface area contributed by atoms with Crippen LogP contribution in [0, 0.1) is 13.8 Å². The lowest BCUT2D eigenvalue weighted by Gasteiger charge is -2.17. The molecule has 0 radical (unpaired) electrons. The van der Waals surface area contributed by atoms with E-state index in [0.717, 1.165) is 29.2 Å². The molecule has 4 heteroatoms. The molecule has 0 unspecified atom stereocenters. The maximum absolute atomic E-state index is 11.9. The van der Waals surface area contributed by atoms with Gasteiger partial charge in [-0.3, -0.25) is 9.69 Å². The molecule has 0 saturated heterocycles. The first-order chi connectivity index (χ1) is 11.5. The number of thiazole rings is 1. The van der Waals surface area contributed by atoms with Crippen LogP contribution in [0.25, 0.3) is 11.3 Å². The minimum absolute atomic E-state index is 0.00749. The fraction of sp³-hybridized carbons (Fsp3) is 0.250. The van der Waals surface area contributed by atoms with E-state index in [0.29, 0.717) is 0 Å². The molecule has 0 amide bonds. The van der Waals surface area contributed by atoms with Gasteiger partial charge in [-0.15, -0.1) is 0 Å². The first-order valence-electron chi connectivity index (χ1n) is 8.05. The average molecular weight is 338 g/mol. The monoisotopic (exact) mass is 338 g/mol. The van der Waals surface area contributed by atoms with Gasteiger partial charge in [-0.2, -0.15) is 0 Å². The summed E-state index contributed by atoms with van der Waals surface area (Å²) in [6.07, 6.45) is 0. The van der Waals surface area contributed by atoms with E-state index in [1.54, 1.807) is 0 Å². The third-order valence-electron chi connectivity index (χ3n) is 4.08. The van der Waals surface area contributed by atoms with Crippen LogP contribution in [-0.4, -0.2) is 16.9 Å². The van der Waals surface area contributed by atoms with E-state index in [1.807, 2.05) is 6.07 Å². The first kappa shape index (κ1) is 16.7. The van der Waals surface area contributed by atoms with Crippen LogP contribution in [0.4, 0.5) is 0 Å². The van der Waals surface area contributed by atoms with Gasteiger partial charge >= 0.3 is 4.87 Å². The first-order valence-corrected chi connectivity index (χ1v) is 8.86. The van der Waals surface area contributed by atoms with Gasteiger partial charge in [-0.1, -0.05) is 65.4 Å². The van der Waals surface area contributed by atoms with Crippen LogP contribution < -0.4 is 4.87 Å². The Balaban J connectivity index is 1.85. The minimum atomic E-state index is 0.00749. The van der Waals surface area contributed by atoms with Gasteiger partial charge in [-0.05, 0) is 32.0 Å². The van der Waals surface area contributed by atoms with Gasteiger partial charge in [-0.25, -0.2) is 0 Å². The number of aryl methyl sites for hydroxylation is 2. The summed E-state index contributed by atoms with van der Waals surface area (Å²) in [5, 5.41) is 0. The van der Waals surface area contributed by atoms with Gasteiger partial charge in [0.2, 0.25) is 0 Å². The number of aromatic amines is 1. The summed E-state index contributed by atoms with van der Waals surface area (Å²) in [7, 11) is 2.09. The van der Waals surface area contributed by atoms with E-state index in [-0.39, 0.29) is 4.87 Å². The number of hydrogen-bond donors (Lipinski definition) is 1. The molecule has 1 N–H and O–H groups in total. The predicted octanol–water partition coefficient (Wildman–Crippen LogP) is 4.35. The van der Waals surface area contributed by atoms with Crippen molar-refractivity contribution >= 4 is 11.3 Å². The summed E-state index contributed by atoms with van der Waals surface area (Å²) in [6, 6.07) is 16.7. The Morgan fingerprint density at radius 3 is 2.50 bits per heavy atom. The Morgan fingerprint density at radius 1 is 1.04 bits per heavy atom. The number of aromatic nitrogens is 1. The summed E-state index contributed by atoms with van der Waals surface area (Å²) in [6.45, 7) is 5.79. The summed E-state index contributed by atoms with van der Waals surface area (Å²) < 4.78 is 0. The molecule has 0 aliphatic heterocycles. The molecule has 0 atom stereocenters. The van der Waals surface area contributed by atoms with Crippen LogP contribution in [0.2, 0.25) is 0 Å². The molecule has 1 aromatic heterocycles. The second-order valence-electron chi connectivity index (χ2n) is 6.29. The predicted molar refractivity (Wildman–Crippen MR) is 101 cm³/mol. The Morgan fingerprint density at radius 2 is 1.79 bits per heavy atom. The van der Waals surface area contributed by atoms with E-state index in [9.17, 15) is 4.79 Å². The van der Waals surface area contributed by atoms with Crippen LogP contribution in [0.5, 0.6) is 0 Å². The number of hydrogen-bond acceptors (Lipinski definition) is 3.